The van der Waals surface area contributed by atoms with E-state index in [1.54, 1.807) is 6.92 Å². The normalized spacial score (nSPS) is 41.3. The van der Waals surface area contributed by atoms with Crippen molar-refractivity contribution < 1.29 is 34.3 Å². The topological polar surface area (TPSA) is 109 Å². The Balaban J connectivity index is 1.44. The van der Waals surface area contributed by atoms with Gasteiger partial charge < -0.3 is 29.5 Å². The van der Waals surface area contributed by atoms with Gasteiger partial charge in [0.2, 0.25) is 5.79 Å². The van der Waals surface area contributed by atoms with Crippen molar-refractivity contribution >= 4 is 5.97 Å². The first-order valence-corrected chi connectivity index (χ1v) is 14.4. The largest absolute Gasteiger partial charge is 0.459 e. The van der Waals surface area contributed by atoms with Crippen molar-refractivity contribution in [2.45, 2.75) is 116 Å². The van der Waals surface area contributed by atoms with E-state index in [0.717, 1.165) is 37.7 Å². The second kappa shape index (κ2) is 10.7. The molecular formula is C30H48O7. The second-order valence-corrected chi connectivity index (χ2v) is 12.5. The van der Waals surface area contributed by atoms with E-state index in [0.29, 0.717) is 30.9 Å². The van der Waals surface area contributed by atoms with E-state index in [-0.39, 0.29) is 23.9 Å². The molecule has 0 unspecified atom stereocenters. The molecule has 10 atom stereocenters. The highest BCUT2D eigenvalue weighted by atomic mass is 16.7. The fraction of sp³-hybridized carbons (Fsp3) is 0.833. The van der Waals surface area contributed by atoms with Gasteiger partial charge in [0.15, 0.2) is 0 Å². The maximum Gasteiger partial charge on any atom is 0.312 e. The lowest BCUT2D eigenvalue weighted by Gasteiger charge is -2.54. The Morgan fingerprint density at radius 2 is 2.03 bits per heavy atom. The lowest BCUT2D eigenvalue weighted by Crippen LogP contribution is -2.64. The standard InChI is InChI=1S/C30H48O7/c1-7-8-9-10-11-22(16-31)14-18(2)25(32)21(5)26(33)36-24-13-12-20(4)28(6)15-23-19(3)17-35-30(23,34)27-29(24,28)37-27/h14,20-25,27,31-32,34H,3,7-13,15-17H2,1-2,4-6H3/b18-14+/t20-,21+,22+,23-,24+,25+,27-,28+,29+,30+/m0/s1. The van der Waals surface area contributed by atoms with Crippen molar-refractivity contribution in [1.29, 1.82) is 0 Å². The molecule has 2 aliphatic heterocycles. The maximum absolute atomic E-state index is 13.3. The number of hydrogen-bond donors (Lipinski definition) is 3. The van der Waals surface area contributed by atoms with Crippen LogP contribution < -0.4 is 0 Å². The summed E-state index contributed by atoms with van der Waals surface area (Å²) in [6.07, 6.45) is 7.38. The van der Waals surface area contributed by atoms with Crippen LogP contribution in [0.4, 0.5) is 0 Å². The number of rotatable bonds is 11. The smallest absolute Gasteiger partial charge is 0.312 e. The van der Waals surface area contributed by atoms with Crippen molar-refractivity contribution in [3.63, 3.8) is 0 Å². The predicted molar refractivity (Wildman–Crippen MR) is 140 cm³/mol. The number of aliphatic hydroxyl groups is 3. The highest BCUT2D eigenvalue weighted by Crippen LogP contribution is 2.72. The summed E-state index contributed by atoms with van der Waals surface area (Å²) < 4.78 is 18.3. The van der Waals surface area contributed by atoms with E-state index in [2.05, 4.69) is 27.4 Å². The molecule has 7 heteroatoms. The van der Waals surface area contributed by atoms with Gasteiger partial charge in [0.05, 0.1) is 18.6 Å². The number of carbonyl (C=O) groups excluding carboxylic acids is 1. The van der Waals surface area contributed by atoms with Crippen LogP contribution in [0.25, 0.3) is 0 Å². The number of epoxide rings is 1. The Hall–Kier alpha value is -1.25. The molecule has 2 aliphatic carbocycles. The number of esters is 1. The van der Waals surface area contributed by atoms with Crippen LogP contribution in [-0.2, 0) is 19.0 Å². The second-order valence-electron chi connectivity index (χ2n) is 12.5. The average Bonchev–Trinajstić information content (AvgIpc) is 3.59. The number of hydrogen-bond acceptors (Lipinski definition) is 7. The van der Waals surface area contributed by atoms with E-state index >= 15 is 0 Å². The average molecular weight is 521 g/mol. The summed E-state index contributed by atoms with van der Waals surface area (Å²) >= 11 is 0. The van der Waals surface area contributed by atoms with Crippen LogP contribution in [0.1, 0.15) is 86.0 Å². The third-order valence-corrected chi connectivity index (χ3v) is 10.2. The minimum absolute atomic E-state index is 0.0213. The van der Waals surface area contributed by atoms with Crippen molar-refractivity contribution in [2.75, 3.05) is 13.2 Å². The van der Waals surface area contributed by atoms with E-state index < -0.39 is 41.6 Å². The summed E-state index contributed by atoms with van der Waals surface area (Å²) in [6, 6.07) is 0. The molecule has 0 aromatic carbocycles. The number of carbonyl (C=O) groups is 1. The minimum Gasteiger partial charge on any atom is -0.459 e. The quantitative estimate of drug-likeness (QED) is 0.161. The Labute approximate surface area is 222 Å². The molecule has 2 saturated carbocycles. The van der Waals surface area contributed by atoms with Crippen LogP contribution in [0.3, 0.4) is 0 Å². The van der Waals surface area contributed by atoms with Crippen LogP contribution in [0, 0.1) is 29.1 Å². The molecule has 4 rings (SSSR count). The molecule has 0 bridgehead atoms. The van der Waals surface area contributed by atoms with Crippen LogP contribution in [-0.4, -0.2) is 64.2 Å². The number of unbranched alkanes of at least 4 members (excludes halogenated alkanes) is 3. The molecule has 3 N–H and O–H groups in total. The molecule has 0 aromatic rings. The highest BCUT2D eigenvalue weighted by Gasteiger charge is 2.85. The molecule has 2 heterocycles. The van der Waals surface area contributed by atoms with Crippen molar-refractivity contribution in [3.8, 4) is 0 Å². The third kappa shape index (κ3) is 4.73. The Bertz CT molecular complexity index is 900. The molecule has 2 saturated heterocycles. The lowest BCUT2D eigenvalue weighted by molar-refractivity contribution is -0.232. The Morgan fingerprint density at radius 3 is 2.70 bits per heavy atom. The summed E-state index contributed by atoms with van der Waals surface area (Å²) in [5.74, 6) is -2.57. The Morgan fingerprint density at radius 1 is 1.30 bits per heavy atom. The lowest BCUT2D eigenvalue weighted by atomic mass is 9.51. The van der Waals surface area contributed by atoms with Gasteiger partial charge in [-0.1, -0.05) is 59.1 Å². The summed E-state index contributed by atoms with van der Waals surface area (Å²) in [5.41, 5.74) is 0.474. The molecular weight excluding hydrogens is 472 g/mol. The summed E-state index contributed by atoms with van der Waals surface area (Å²) in [6.45, 7) is 14.5. The molecule has 4 fully saturated rings. The summed E-state index contributed by atoms with van der Waals surface area (Å²) in [4.78, 5) is 13.3. The number of fused-ring (bicyclic) bond motifs is 2. The van der Waals surface area contributed by atoms with Crippen molar-refractivity contribution in [3.05, 3.63) is 23.8 Å². The fourth-order valence-electron chi connectivity index (χ4n) is 7.40. The first-order valence-electron chi connectivity index (χ1n) is 14.4. The van der Waals surface area contributed by atoms with Gasteiger partial charge in [-0.25, -0.2) is 0 Å². The van der Waals surface area contributed by atoms with Crippen LogP contribution in [0.2, 0.25) is 0 Å². The first-order chi connectivity index (χ1) is 17.5. The summed E-state index contributed by atoms with van der Waals surface area (Å²) in [5, 5.41) is 32.2. The molecule has 37 heavy (non-hydrogen) atoms. The highest BCUT2D eigenvalue weighted by molar-refractivity contribution is 5.73. The molecule has 1 spiro atoms. The van der Waals surface area contributed by atoms with Gasteiger partial charge in [0.1, 0.15) is 17.8 Å². The molecule has 0 aromatic heterocycles. The minimum atomic E-state index is -1.43. The van der Waals surface area contributed by atoms with E-state index in [1.807, 2.05) is 13.0 Å². The van der Waals surface area contributed by atoms with Gasteiger partial charge in [-0.05, 0) is 56.6 Å². The van der Waals surface area contributed by atoms with Gasteiger partial charge in [-0.2, -0.15) is 0 Å². The van der Waals surface area contributed by atoms with Crippen LogP contribution in [0.15, 0.2) is 23.8 Å². The fourth-order valence-corrected chi connectivity index (χ4v) is 7.40. The van der Waals surface area contributed by atoms with Gasteiger partial charge in [0, 0.05) is 23.9 Å². The molecule has 210 valence electrons. The number of aliphatic hydroxyl groups excluding tert-OH is 2. The van der Waals surface area contributed by atoms with E-state index in [4.69, 9.17) is 14.2 Å². The molecule has 4 aliphatic rings. The molecule has 0 amide bonds. The zero-order valence-electron chi connectivity index (χ0n) is 23.4. The zero-order valence-corrected chi connectivity index (χ0v) is 23.4. The predicted octanol–water partition coefficient (Wildman–Crippen LogP) is 4.29. The van der Waals surface area contributed by atoms with Crippen molar-refractivity contribution in [1.82, 2.24) is 0 Å². The molecule has 7 nitrogen and oxygen atoms in total. The van der Waals surface area contributed by atoms with E-state index in [1.165, 1.54) is 6.42 Å². The Kier molecular flexibility index (Phi) is 8.33. The first kappa shape index (κ1) is 28.8. The molecule has 0 radical (unpaired) electrons. The van der Waals surface area contributed by atoms with Crippen LogP contribution >= 0.6 is 0 Å². The third-order valence-electron chi connectivity index (χ3n) is 10.2. The SMILES string of the molecule is C=C1CO[C@@]2(O)[C@H]3O[C@]34[C@H](OC(=O)[C@H](C)[C@H](O)/C(C)=C/[C@H](CO)CCCCCC)CC[C@H](C)[C@@]4(C)C[C@@H]12. The van der Waals surface area contributed by atoms with Gasteiger partial charge in [-0.3, -0.25) is 4.79 Å². The summed E-state index contributed by atoms with van der Waals surface area (Å²) in [7, 11) is 0. The van der Waals surface area contributed by atoms with Crippen LogP contribution in [0.5, 0.6) is 0 Å². The number of ether oxygens (including phenoxy) is 3. The van der Waals surface area contributed by atoms with Gasteiger partial charge in [-0.15, -0.1) is 0 Å². The van der Waals surface area contributed by atoms with Crippen molar-refractivity contribution in [2.24, 2.45) is 29.1 Å². The maximum atomic E-state index is 13.3. The monoisotopic (exact) mass is 520 g/mol. The van der Waals surface area contributed by atoms with Gasteiger partial charge >= 0.3 is 5.97 Å². The van der Waals surface area contributed by atoms with E-state index in [9.17, 15) is 20.1 Å². The van der Waals surface area contributed by atoms with Gasteiger partial charge in [0.25, 0.3) is 0 Å². The zero-order chi connectivity index (χ0) is 27.2.